The van der Waals surface area contributed by atoms with Crippen molar-refractivity contribution in [2.45, 2.75) is 63.6 Å². The lowest BCUT2D eigenvalue weighted by atomic mass is 9.81. The Hall–Kier alpha value is -0.160. The smallest absolute Gasteiger partial charge is 0.184 e. The molecule has 2 bridgehead atoms. The van der Waals surface area contributed by atoms with Crippen molar-refractivity contribution >= 4 is 0 Å². The highest BCUT2D eigenvalue weighted by molar-refractivity contribution is 4.88. The minimum atomic E-state index is -0.177. The average molecular weight is 270 g/mol. The highest BCUT2D eigenvalue weighted by atomic mass is 16.7. The molecular formula is C15H26O4. The highest BCUT2D eigenvalue weighted by Gasteiger charge is 2.45. The summed E-state index contributed by atoms with van der Waals surface area (Å²) in [7, 11) is 1.72. The van der Waals surface area contributed by atoms with E-state index < -0.39 is 0 Å². The Morgan fingerprint density at radius 3 is 2.79 bits per heavy atom. The molecule has 0 aromatic rings. The highest BCUT2D eigenvalue weighted by Crippen LogP contribution is 2.34. The summed E-state index contributed by atoms with van der Waals surface area (Å²) in [6.45, 7) is 3.87. The summed E-state index contributed by atoms with van der Waals surface area (Å²) in [6.07, 6.45) is 6.39. The van der Waals surface area contributed by atoms with Gasteiger partial charge in [0, 0.05) is 13.5 Å². The first kappa shape index (κ1) is 13.8. The van der Waals surface area contributed by atoms with Gasteiger partial charge in [0.2, 0.25) is 0 Å². The fourth-order valence-electron chi connectivity index (χ4n) is 3.59. The first-order valence-electron chi connectivity index (χ1n) is 7.69. The van der Waals surface area contributed by atoms with E-state index in [1.54, 1.807) is 7.11 Å². The van der Waals surface area contributed by atoms with Gasteiger partial charge in [-0.3, -0.25) is 0 Å². The zero-order chi connectivity index (χ0) is 13.2. The second kappa shape index (κ2) is 6.08. The molecule has 2 unspecified atom stereocenters. The van der Waals surface area contributed by atoms with Crippen LogP contribution in [0.25, 0.3) is 0 Å². The SMILES string of the molecule is CO[C@@H]1C[C@H](OCC2CCCCC2C)[C@H]2CO[C@@H]1O2. The molecule has 3 rings (SSSR count). The van der Waals surface area contributed by atoms with Crippen molar-refractivity contribution in [1.29, 1.82) is 0 Å². The Balaban J connectivity index is 1.51. The predicted octanol–water partition coefficient (Wildman–Crippen LogP) is 2.36. The zero-order valence-electron chi connectivity index (χ0n) is 12.0. The summed E-state index contributed by atoms with van der Waals surface area (Å²) in [6, 6.07) is 0. The van der Waals surface area contributed by atoms with Gasteiger partial charge in [-0.1, -0.05) is 26.2 Å². The van der Waals surface area contributed by atoms with Gasteiger partial charge in [0.25, 0.3) is 0 Å². The normalized spacial score (nSPS) is 46.4. The monoisotopic (exact) mass is 270 g/mol. The Kier molecular flexibility index (Phi) is 4.42. The standard InChI is InChI=1S/C15H26O4/c1-10-5-3-4-6-11(10)8-17-12-7-13(16-2)15-18-9-14(12)19-15/h10-15H,3-9H2,1-2H3/t10?,11?,12-,13+,14+,15+/m0/s1. The third-order valence-corrected chi connectivity index (χ3v) is 5.03. The number of hydrogen-bond donors (Lipinski definition) is 0. The van der Waals surface area contributed by atoms with E-state index in [1.807, 2.05) is 0 Å². The van der Waals surface area contributed by atoms with E-state index in [0.29, 0.717) is 6.61 Å². The van der Waals surface area contributed by atoms with Crippen LogP contribution in [0.5, 0.6) is 0 Å². The number of methoxy groups -OCH3 is 1. The summed E-state index contributed by atoms with van der Waals surface area (Å²) in [5.74, 6) is 1.51. The molecule has 3 fully saturated rings. The van der Waals surface area contributed by atoms with Crippen molar-refractivity contribution in [2.75, 3.05) is 20.3 Å². The zero-order valence-corrected chi connectivity index (χ0v) is 12.0. The van der Waals surface area contributed by atoms with Crippen LogP contribution in [-0.4, -0.2) is 44.9 Å². The third-order valence-electron chi connectivity index (χ3n) is 5.03. The maximum Gasteiger partial charge on any atom is 0.184 e. The van der Waals surface area contributed by atoms with Crippen LogP contribution in [0.3, 0.4) is 0 Å². The van der Waals surface area contributed by atoms with Crippen LogP contribution in [0.15, 0.2) is 0 Å². The second-order valence-corrected chi connectivity index (χ2v) is 6.28. The van der Waals surface area contributed by atoms with Crippen LogP contribution in [0.2, 0.25) is 0 Å². The van der Waals surface area contributed by atoms with Gasteiger partial charge in [-0.15, -0.1) is 0 Å². The number of ether oxygens (including phenoxy) is 4. The molecule has 0 N–H and O–H groups in total. The molecule has 3 aliphatic rings. The van der Waals surface area contributed by atoms with Crippen LogP contribution in [-0.2, 0) is 18.9 Å². The lowest BCUT2D eigenvalue weighted by Crippen LogP contribution is -2.44. The number of hydrogen-bond acceptors (Lipinski definition) is 4. The van der Waals surface area contributed by atoms with Gasteiger partial charge in [0.05, 0.1) is 19.3 Å². The predicted molar refractivity (Wildman–Crippen MR) is 70.9 cm³/mol. The Bertz CT molecular complexity index is 296. The molecule has 0 spiro atoms. The first-order valence-corrected chi connectivity index (χ1v) is 7.69. The average Bonchev–Trinajstić information content (AvgIpc) is 2.85. The van der Waals surface area contributed by atoms with Crippen molar-refractivity contribution in [3.8, 4) is 0 Å². The Morgan fingerprint density at radius 1 is 1.16 bits per heavy atom. The van der Waals surface area contributed by atoms with E-state index in [4.69, 9.17) is 18.9 Å². The summed E-state index contributed by atoms with van der Waals surface area (Å²) in [4.78, 5) is 0. The fourth-order valence-corrected chi connectivity index (χ4v) is 3.59. The van der Waals surface area contributed by atoms with Gasteiger partial charge in [-0.05, 0) is 18.3 Å². The maximum atomic E-state index is 6.17. The molecule has 2 saturated heterocycles. The minimum absolute atomic E-state index is 0.0209. The fraction of sp³-hybridized carbons (Fsp3) is 1.00. The molecule has 4 nitrogen and oxygen atoms in total. The van der Waals surface area contributed by atoms with Gasteiger partial charge >= 0.3 is 0 Å². The number of fused-ring (bicyclic) bond motifs is 2. The van der Waals surface area contributed by atoms with Crippen LogP contribution < -0.4 is 0 Å². The van der Waals surface area contributed by atoms with Crippen molar-refractivity contribution < 1.29 is 18.9 Å². The molecule has 2 heterocycles. The molecular weight excluding hydrogens is 244 g/mol. The van der Waals surface area contributed by atoms with Crippen LogP contribution in [0.4, 0.5) is 0 Å². The van der Waals surface area contributed by atoms with Crippen LogP contribution in [0.1, 0.15) is 39.0 Å². The van der Waals surface area contributed by atoms with E-state index in [2.05, 4.69) is 6.92 Å². The first-order chi connectivity index (χ1) is 9.28. The summed E-state index contributed by atoms with van der Waals surface area (Å²) in [5.41, 5.74) is 0. The van der Waals surface area contributed by atoms with Crippen molar-refractivity contribution in [3.63, 3.8) is 0 Å². The van der Waals surface area contributed by atoms with Crippen molar-refractivity contribution in [2.24, 2.45) is 11.8 Å². The van der Waals surface area contributed by atoms with E-state index in [1.165, 1.54) is 25.7 Å². The molecule has 0 aromatic carbocycles. The van der Waals surface area contributed by atoms with E-state index >= 15 is 0 Å². The van der Waals surface area contributed by atoms with Crippen LogP contribution in [0, 0.1) is 11.8 Å². The van der Waals surface area contributed by atoms with Gasteiger partial charge < -0.3 is 18.9 Å². The van der Waals surface area contributed by atoms with Gasteiger partial charge in [-0.25, -0.2) is 0 Å². The third kappa shape index (κ3) is 2.97. The molecule has 110 valence electrons. The Morgan fingerprint density at radius 2 is 2.00 bits per heavy atom. The summed E-state index contributed by atoms with van der Waals surface area (Å²) < 4.78 is 23.0. The topological polar surface area (TPSA) is 36.9 Å². The largest absolute Gasteiger partial charge is 0.376 e. The van der Waals surface area contributed by atoms with Crippen molar-refractivity contribution in [1.82, 2.24) is 0 Å². The van der Waals surface area contributed by atoms with E-state index in [0.717, 1.165) is 24.9 Å². The van der Waals surface area contributed by atoms with Crippen molar-refractivity contribution in [3.05, 3.63) is 0 Å². The lowest BCUT2D eigenvalue weighted by molar-refractivity contribution is -0.201. The molecule has 19 heavy (non-hydrogen) atoms. The van der Waals surface area contributed by atoms with Gasteiger partial charge in [0.1, 0.15) is 12.2 Å². The maximum absolute atomic E-state index is 6.17. The molecule has 4 heteroatoms. The minimum Gasteiger partial charge on any atom is -0.376 e. The summed E-state index contributed by atoms with van der Waals surface area (Å²) in [5, 5.41) is 0. The summed E-state index contributed by atoms with van der Waals surface area (Å²) >= 11 is 0. The molecule has 0 amide bonds. The van der Waals surface area contributed by atoms with Crippen LogP contribution >= 0.6 is 0 Å². The molecule has 1 saturated carbocycles. The van der Waals surface area contributed by atoms with Gasteiger partial charge in [0.15, 0.2) is 6.29 Å². The lowest BCUT2D eigenvalue weighted by Gasteiger charge is -2.35. The Labute approximate surface area is 115 Å². The molecule has 2 aliphatic heterocycles. The molecule has 1 aliphatic carbocycles. The molecule has 0 aromatic heterocycles. The van der Waals surface area contributed by atoms with E-state index in [9.17, 15) is 0 Å². The number of rotatable bonds is 4. The molecule has 0 radical (unpaired) electrons. The van der Waals surface area contributed by atoms with Gasteiger partial charge in [-0.2, -0.15) is 0 Å². The molecule has 6 atom stereocenters. The second-order valence-electron chi connectivity index (χ2n) is 6.28. The van der Waals surface area contributed by atoms with E-state index in [-0.39, 0.29) is 24.6 Å². The quantitative estimate of drug-likeness (QED) is 0.786.